The van der Waals surface area contributed by atoms with E-state index < -0.39 is 10.0 Å². The number of sulfonamides is 1. The topological polar surface area (TPSA) is 63.4 Å². The van der Waals surface area contributed by atoms with E-state index in [0.29, 0.717) is 30.7 Å². The van der Waals surface area contributed by atoms with Crippen LogP contribution in [0.3, 0.4) is 0 Å². The number of piperidine rings is 1. The second-order valence-corrected chi connectivity index (χ2v) is 7.56. The van der Waals surface area contributed by atoms with Crippen molar-refractivity contribution < 1.29 is 12.9 Å². The van der Waals surface area contributed by atoms with E-state index in [1.54, 1.807) is 11.2 Å². The summed E-state index contributed by atoms with van der Waals surface area (Å²) in [6.07, 6.45) is 13.0. The van der Waals surface area contributed by atoms with Gasteiger partial charge in [0.2, 0.25) is 10.0 Å². The Balaban J connectivity index is 1.68. The third-order valence-electron chi connectivity index (χ3n) is 4.36. The van der Waals surface area contributed by atoms with Crippen LogP contribution in [0, 0.1) is 18.8 Å². The molecule has 0 aromatic carbocycles. The molecule has 1 saturated heterocycles. The highest BCUT2D eigenvalue weighted by Crippen LogP contribution is 2.31. The Labute approximate surface area is 125 Å². The van der Waals surface area contributed by atoms with E-state index in [-0.39, 0.29) is 4.90 Å². The van der Waals surface area contributed by atoms with Gasteiger partial charge in [-0.1, -0.05) is 29.5 Å². The van der Waals surface area contributed by atoms with Gasteiger partial charge in [0.1, 0.15) is 4.90 Å². The van der Waals surface area contributed by atoms with Gasteiger partial charge in [-0.15, -0.1) is 0 Å². The van der Waals surface area contributed by atoms with Gasteiger partial charge in [-0.2, -0.15) is 4.31 Å². The van der Waals surface area contributed by atoms with Gasteiger partial charge in [-0.3, -0.25) is 0 Å². The summed E-state index contributed by atoms with van der Waals surface area (Å²) in [5.74, 6) is 1.35. The summed E-state index contributed by atoms with van der Waals surface area (Å²) in [5, 5.41) is 3.57. The normalized spacial score (nSPS) is 22.0. The van der Waals surface area contributed by atoms with Gasteiger partial charge >= 0.3 is 0 Å². The van der Waals surface area contributed by atoms with Crippen molar-refractivity contribution in [3.8, 4) is 0 Å². The van der Waals surface area contributed by atoms with Gasteiger partial charge in [0, 0.05) is 13.1 Å². The second kappa shape index (κ2) is 5.77. The molecule has 5 nitrogen and oxygen atoms in total. The first-order valence-electron chi connectivity index (χ1n) is 7.34. The largest absolute Gasteiger partial charge is 0.360 e. The van der Waals surface area contributed by atoms with Crippen molar-refractivity contribution in [1.82, 2.24) is 9.46 Å². The van der Waals surface area contributed by atoms with Crippen molar-refractivity contribution in [3.05, 3.63) is 36.3 Å². The smallest absolute Gasteiger partial charge is 0.248 e. The zero-order valence-electron chi connectivity index (χ0n) is 12.1. The summed E-state index contributed by atoms with van der Waals surface area (Å²) >= 11 is 0. The van der Waals surface area contributed by atoms with Crippen molar-refractivity contribution in [1.29, 1.82) is 0 Å². The number of hydrogen-bond acceptors (Lipinski definition) is 4. The van der Waals surface area contributed by atoms with E-state index in [4.69, 9.17) is 4.52 Å². The zero-order valence-corrected chi connectivity index (χ0v) is 12.9. The Morgan fingerprint density at radius 3 is 2.48 bits per heavy atom. The van der Waals surface area contributed by atoms with Crippen LogP contribution >= 0.6 is 0 Å². The van der Waals surface area contributed by atoms with Crippen molar-refractivity contribution >= 4 is 10.0 Å². The molecule has 1 aromatic rings. The minimum atomic E-state index is -3.46. The van der Waals surface area contributed by atoms with E-state index in [1.807, 2.05) is 0 Å². The van der Waals surface area contributed by atoms with Crippen LogP contribution in [0.25, 0.3) is 0 Å². The Morgan fingerprint density at radius 2 is 1.90 bits per heavy atom. The molecular formula is C15H20N2O3S. The Morgan fingerprint density at radius 1 is 1.24 bits per heavy atom. The molecule has 0 radical (unpaired) electrons. The highest BCUT2D eigenvalue weighted by Gasteiger charge is 2.33. The lowest BCUT2D eigenvalue weighted by Gasteiger charge is -2.33. The van der Waals surface area contributed by atoms with Crippen LogP contribution in [0.4, 0.5) is 0 Å². The lowest BCUT2D eigenvalue weighted by molar-refractivity contribution is 0.249. The maximum Gasteiger partial charge on any atom is 0.248 e. The maximum absolute atomic E-state index is 12.6. The molecule has 114 valence electrons. The fourth-order valence-corrected chi connectivity index (χ4v) is 4.65. The summed E-state index contributed by atoms with van der Waals surface area (Å²) in [7, 11) is -3.46. The molecule has 3 rings (SSSR count). The molecule has 0 unspecified atom stereocenters. The van der Waals surface area contributed by atoms with Crippen LogP contribution < -0.4 is 0 Å². The zero-order chi connectivity index (χ0) is 14.9. The molecule has 0 bridgehead atoms. The first kappa shape index (κ1) is 14.5. The summed E-state index contributed by atoms with van der Waals surface area (Å²) < 4.78 is 31.5. The third kappa shape index (κ3) is 2.82. The SMILES string of the molecule is Cc1oncc1S(=O)(=O)N1CCC(C2C=CCC=C2)CC1. The minimum Gasteiger partial charge on any atom is -0.360 e. The fourth-order valence-electron chi connectivity index (χ4n) is 3.11. The quantitative estimate of drug-likeness (QED) is 0.805. The number of nitrogens with zero attached hydrogens (tertiary/aromatic N) is 2. The monoisotopic (exact) mass is 308 g/mol. The average molecular weight is 308 g/mol. The van der Waals surface area contributed by atoms with E-state index in [0.717, 1.165) is 19.3 Å². The standard InChI is InChI=1S/C15H20N2O3S/c1-12-15(11-16-20-12)21(18,19)17-9-7-14(8-10-17)13-5-3-2-4-6-13/h3-6,11,13-14H,2,7-10H2,1H3. The Kier molecular flexibility index (Phi) is 3.99. The van der Waals surface area contributed by atoms with Crippen molar-refractivity contribution in [3.63, 3.8) is 0 Å². The second-order valence-electron chi connectivity index (χ2n) is 5.66. The number of aryl methyl sites for hydroxylation is 1. The third-order valence-corrected chi connectivity index (χ3v) is 6.35. The van der Waals surface area contributed by atoms with E-state index in [1.165, 1.54) is 6.20 Å². The predicted octanol–water partition coefficient (Wildman–Crippen LogP) is 2.52. The first-order chi connectivity index (χ1) is 10.1. The molecule has 1 aromatic heterocycles. The molecule has 1 aliphatic carbocycles. The molecule has 2 aliphatic rings. The molecule has 0 amide bonds. The fraction of sp³-hybridized carbons (Fsp3) is 0.533. The molecule has 2 heterocycles. The van der Waals surface area contributed by atoms with Crippen LogP contribution in [0.1, 0.15) is 25.0 Å². The highest BCUT2D eigenvalue weighted by molar-refractivity contribution is 7.89. The van der Waals surface area contributed by atoms with Crippen LogP contribution in [-0.4, -0.2) is 31.0 Å². The number of allylic oxidation sites excluding steroid dienone is 4. The summed E-state index contributed by atoms with van der Waals surface area (Å²) in [5.41, 5.74) is 0. The molecule has 1 fully saturated rings. The van der Waals surface area contributed by atoms with Crippen LogP contribution in [-0.2, 0) is 10.0 Å². The summed E-state index contributed by atoms with van der Waals surface area (Å²) in [6.45, 7) is 2.76. The first-order valence-corrected chi connectivity index (χ1v) is 8.78. The molecule has 0 saturated carbocycles. The van der Waals surface area contributed by atoms with Crippen molar-refractivity contribution in [2.45, 2.75) is 31.1 Å². The molecule has 6 heteroatoms. The van der Waals surface area contributed by atoms with Gasteiger partial charge in [-0.25, -0.2) is 8.42 Å². The lowest BCUT2D eigenvalue weighted by Crippen LogP contribution is -2.39. The van der Waals surface area contributed by atoms with Gasteiger partial charge in [-0.05, 0) is 38.0 Å². The van der Waals surface area contributed by atoms with Gasteiger partial charge < -0.3 is 4.52 Å². The van der Waals surface area contributed by atoms with Crippen LogP contribution in [0.15, 0.2) is 39.9 Å². The minimum absolute atomic E-state index is 0.193. The molecule has 0 N–H and O–H groups in total. The van der Waals surface area contributed by atoms with Crippen LogP contribution in [0.5, 0.6) is 0 Å². The van der Waals surface area contributed by atoms with Crippen molar-refractivity contribution in [2.24, 2.45) is 11.8 Å². The molecule has 0 spiro atoms. The number of hydrogen-bond donors (Lipinski definition) is 0. The van der Waals surface area contributed by atoms with E-state index in [2.05, 4.69) is 29.5 Å². The predicted molar refractivity (Wildman–Crippen MR) is 79.1 cm³/mol. The van der Waals surface area contributed by atoms with E-state index >= 15 is 0 Å². The Bertz CT molecular complexity index is 640. The average Bonchev–Trinajstić information content (AvgIpc) is 2.95. The van der Waals surface area contributed by atoms with Crippen LogP contribution in [0.2, 0.25) is 0 Å². The van der Waals surface area contributed by atoms with Gasteiger partial charge in [0.15, 0.2) is 5.76 Å². The highest BCUT2D eigenvalue weighted by atomic mass is 32.2. The molecule has 21 heavy (non-hydrogen) atoms. The number of aromatic nitrogens is 1. The summed E-state index contributed by atoms with van der Waals surface area (Å²) in [6, 6.07) is 0. The lowest BCUT2D eigenvalue weighted by atomic mass is 9.83. The molecule has 1 aliphatic heterocycles. The molecular weight excluding hydrogens is 288 g/mol. The van der Waals surface area contributed by atoms with E-state index in [9.17, 15) is 8.42 Å². The maximum atomic E-state index is 12.6. The Hall–Kier alpha value is -1.40. The number of rotatable bonds is 3. The van der Waals surface area contributed by atoms with Gasteiger partial charge in [0.25, 0.3) is 0 Å². The van der Waals surface area contributed by atoms with Gasteiger partial charge in [0.05, 0.1) is 6.20 Å². The molecule has 0 atom stereocenters. The van der Waals surface area contributed by atoms with Crippen molar-refractivity contribution in [2.75, 3.05) is 13.1 Å². The summed E-state index contributed by atoms with van der Waals surface area (Å²) in [4.78, 5) is 0.193.